The fourth-order valence-corrected chi connectivity index (χ4v) is 2.70. The molecule has 0 saturated heterocycles. The lowest BCUT2D eigenvalue weighted by Crippen LogP contribution is -2.28. The van der Waals surface area contributed by atoms with Crippen LogP contribution >= 0.6 is 11.6 Å². The van der Waals surface area contributed by atoms with Gasteiger partial charge in [0.15, 0.2) is 29.1 Å². The molecule has 0 amide bonds. The van der Waals surface area contributed by atoms with Gasteiger partial charge in [0, 0.05) is 10.6 Å². The Morgan fingerprint density at radius 3 is 2.62 bits per heavy atom. The van der Waals surface area contributed by atoms with Gasteiger partial charge >= 0.3 is 0 Å². The number of hydrogen-bond donors (Lipinski definition) is 0. The molecule has 0 spiro atoms. The maximum Gasteiger partial charge on any atom is 0.199 e. The molecule has 0 radical (unpaired) electrons. The zero-order valence-electron chi connectivity index (χ0n) is 14.1. The van der Waals surface area contributed by atoms with Crippen molar-refractivity contribution in [1.29, 1.82) is 0 Å². The van der Waals surface area contributed by atoms with Crippen molar-refractivity contribution in [2.45, 2.75) is 6.04 Å². The molecule has 132 valence electrons. The lowest BCUT2D eigenvalue weighted by molar-refractivity contribution is -0.114. The molecule has 3 rings (SSSR count). The Labute approximate surface area is 155 Å². The van der Waals surface area contributed by atoms with Crippen molar-refractivity contribution in [2.75, 3.05) is 14.2 Å². The van der Waals surface area contributed by atoms with Crippen LogP contribution in [0.5, 0.6) is 11.5 Å². The van der Waals surface area contributed by atoms with E-state index >= 15 is 0 Å². The largest absolute Gasteiger partial charge is 0.493 e. The summed E-state index contributed by atoms with van der Waals surface area (Å²) < 4.78 is 10.4. The highest BCUT2D eigenvalue weighted by atomic mass is 35.5. The van der Waals surface area contributed by atoms with Crippen LogP contribution in [0.4, 0.5) is 5.69 Å². The van der Waals surface area contributed by atoms with Gasteiger partial charge in [-0.3, -0.25) is 9.59 Å². The van der Waals surface area contributed by atoms with Crippen LogP contribution in [0.2, 0.25) is 5.02 Å². The van der Waals surface area contributed by atoms with E-state index in [1.54, 1.807) is 43.5 Å². The van der Waals surface area contributed by atoms with Crippen LogP contribution in [-0.2, 0) is 4.79 Å². The minimum atomic E-state index is -1.20. The van der Waals surface area contributed by atoms with E-state index in [0.29, 0.717) is 27.8 Å². The maximum absolute atomic E-state index is 12.5. The molecular formula is C19H15ClN2O4. The van der Waals surface area contributed by atoms with Gasteiger partial charge in [-0.15, -0.1) is 0 Å². The average Bonchev–Trinajstić information content (AvgIpc) is 2.66. The second-order valence-electron chi connectivity index (χ2n) is 5.49. The van der Waals surface area contributed by atoms with Crippen molar-refractivity contribution >= 4 is 34.9 Å². The molecule has 2 aromatic rings. The highest BCUT2D eigenvalue weighted by molar-refractivity contribution is 6.31. The fraction of sp³-hybridized carbons (Fsp3) is 0.158. The molecule has 7 heteroatoms. The van der Waals surface area contributed by atoms with E-state index in [-0.39, 0.29) is 0 Å². The van der Waals surface area contributed by atoms with Gasteiger partial charge in [0.2, 0.25) is 0 Å². The van der Waals surface area contributed by atoms with Crippen molar-refractivity contribution in [1.82, 2.24) is 0 Å². The minimum absolute atomic E-state index is 0.297. The second-order valence-corrected chi connectivity index (χ2v) is 5.93. The van der Waals surface area contributed by atoms with Gasteiger partial charge in [-0.05, 0) is 42.0 Å². The molecule has 6 nitrogen and oxygen atoms in total. The molecule has 26 heavy (non-hydrogen) atoms. The Morgan fingerprint density at radius 2 is 1.88 bits per heavy atom. The van der Waals surface area contributed by atoms with Crippen LogP contribution in [0.1, 0.15) is 15.9 Å². The number of carbonyl (C=O) groups excluding carboxylic acids is 2. The number of azo groups is 1. The summed E-state index contributed by atoms with van der Waals surface area (Å²) in [5.41, 5.74) is 1.43. The molecule has 0 fully saturated rings. The number of halogens is 1. The number of rotatable bonds is 5. The molecule has 1 unspecified atom stereocenters. The van der Waals surface area contributed by atoms with Gasteiger partial charge in [0.25, 0.3) is 0 Å². The Kier molecular flexibility index (Phi) is 5.14. The number of Topliss-reactive ketones (excluding diaryl/α,β-unsaturated/α-hetero) is 1. The molecule has 0 aromatic heterocycles. The highest BCUT2D eigenvalue weighted by Gasteiger charge is 2.31. The van der Waals surface area contributed by atoms with E-state index in [1.807, 2.05) is 0 Å². The summed E-state index contributed by atoms with van der Waals surface area (Å²) >= 11 is 5.92. The van der Waals surface area contributed by atoms with Crippen molar-refractivity contribution < 1.29 is 19.1 Å². The predicted molar refractivity (Wildman–Crippen MR) is 97.7 cm³/mol. The molecule has 0 aliphatic carbocycles. The first kappa shape index (κ1) is 17.8. The summed E-state index contributed by atoms with van der Waals surface area (Å²) in [5.74, 6) is 0.249. The first-order chi connectivity index (χ1) is 12.5. The van der Waals surface area contributed by atoms with Gasteiger partial charge in [-0.2, -0.15) is 10.2 Å². The van der Waals surface area contributed by atoms with Crippen LogP contribution in [0.25, 0.3) is 6.08 Å². The van der Waals surface area contributed by atoms with Crippen molar-refractivity contribution in [3.63, 3.8) is 0 Å². The summed E-state index contributed by atoms with van der Waals surface area (Å²) in [6, 6.07) is 8.73. The van der Waals surface area contributed by atoms with Crippen LogP contribution in [0.3, 0.4) is 0 Å². The number of methoxy groups -OCH3 is 2. The number of ether oxygens (including phenoxy) is 2. The van der Waals surface area contributed by atoms with Gasteiger partial charge in [-0.1, -0.05) is 23.7 Å². The number of ketones is 2. The SMILES string of the molecule is COc1ccc(/C=C/C(=O)C2N=Nc3ccc(Cl)cc3C2=O)cc1OC. The van der Waals surface area contributed by atoms with Crippen LogP contribution < -0.4 is 9.47 Å². The summed E-state index contributed by atoms with van der Waals surface area (Å²) in [4.78, 5) is 24.9. The van der Waals surface area contributed by atoms with Gasteiger partial charge in [-0.25, -0.2) is 0 Å². The molecule has 1 aliphatic heterocycles. The first-order valence-electron chi connectivity index (χ1n) is 7.72. The maximum atomic E-state index is 12.5. The topological polar surface area (TPSA) is 77.3 Å². The van der Waals surface area contributed by atoms with E-state index in [2.05, 4.69) is 10.2 Å². The van der Waals surface area contributed by atoms with Crippen molar-refractivity contribution in [3.8, 4) is 11.5 Å². The quantitative estimate of drug-likeness (QED) is 0.581. The minimum Gasteiger partial charge on any atom is -0.493 e. The third-order valence-electron chi connectivity index (χ3n) is 3.87. The van der Waals surface area contributed by atoms with E-state index in [0.717, 1.165) is 5.56 Å². The molecule has 0 N–H and O–H groups in total. The second kappa shape index (κ2) is 7.49. The third-order valence-corrected chi connectivity index (χ3v) is 4.11. The molecule has 1 aliphatic rings. The summed E-state index contributed by atoms with van der Waals surface area (Å²) in [5, 5.41) is 8.19. The Morgan fingerprint density at radius 1 is 1.12 bits per heavy atom. The zero-order chi connectivity index (χ0) is 18.7. The monoisotopic (exact) mass is 370 g/mol. The number of benzene rings is 2. The average molecular weight is 371 g/mol. The van der Waals surface area contributed by atoms with E-state index < -0.39 is 17.6 Å². The number of hydrogen-bond acceptors (Lipinski definition) is 6. The van der Waals surface area contributed by atoms with E-state index in [9.17, 15) is 9.59 Å². The number of carbonyl (C=O) groups is 2. The summed E-state index contributed by atoms with van der Waals surface area (Å²) in [6.45, 7) is 0. The van der Waals surface area contributed by atoms with E-state index in [1.165, 1.54) is 19.3 Å². The smallest absolute Gasteiger partial charge is 0.199 e. The van der Waals surface area contributed by atoms with Gasteiger partial charge < -0.3 is 9.47 Å². The van der Waals surface area contributed by atoms with Crippen molar-refractivity contribution in [3.05, 3.63) is 58.6 Å². The highest BCUT2D eigenvalue weighted by Crippen LogP contribution is 2.30. The van der Waals surface area contributed by atoms with Crippen LogP contribution in [-0.4, -0.2) is 31.8 Å². The molecule has 0 bridgehead atoms. The lowest BCUT2D eigenvalue weighted by Gasteiger charge is -2.14. The van der Waals surface area contributed by atoms with Crippen LogP contribution in [0, 0.1) is 0 Å². The number of nitrogens with zero attached hydrogens (tertiary/aromatic N) is 2. The molecule has 1 atom stereocenters. The zero-order valence-corrected chi connectivity index (χ0v) is 14.9. The Balaban J connectivity index is 1.80. The summed E-state index contributed by atoms with van der Waals surface area (Å²) in [7, 11) is 3.07. The standard InChI is InChI=1S/C19H15ClN2O4/c1-25-16-8-4-11(9-17(16)26-2)3-7-15(23)18-19(24)13-10-12(20)5-6-14(13)21-22-18/h3-10,18H,1-2H3/b7-3+. The lowest BCUT2D eigenvalue weighted by atomic mass is 9.98. The summed E-state index contributed by atoms with van der Waals surface area (Å²) in [6.07, 6.45) is 2.89. The third kappa shape index (κ3) is 3.50. The molecule has 2 aromatic carbocycles. The normalized spacial score (nSPS) is 15.8. The van der Waals surface area contributed by atoms with Crippen molar-refractivity contribution in [2.24, 2.45) is 10.2 Å². The van der Waals surface area contributed by atoms with E-state index in [4.69, 9.17) is 21.1 Å². The van der Waals surface area contributed by atoms with Gasteiger partial charge in [0.1, 0.15) is 0 Å². The Hall–Kier alpha value is -2.99. The molecular weight excluding hydrogens is 356 g/mol. The first-order valence-corrected chi connectivity index (χ1v) is 8.10. The molecule has 1 heterocycles. The van der Waals surface area contributed by atoms with Gasteiger partial charge in [0.05, 0.1) is 19.9 Å². The number of fused-ring (bicyclic) bond motifs is 1. The fourth-order valence-electron chi connectivity index (χ4n) is 2.52. The Bertz CT molecular complexity index is 937. The predicted octanol–water partition coefficient (Wildman–Crippen LogP) is 4.29. The van der Waals surface area contributed by atoms with Crippen LogP contribution in [0.15, 0.2) is 52.7 Å². The molecule has 0 saturated carbocycles.